The molecule has 1 aromatic heterocycles. The van der Waals surface area contributed by atoms with Crippen LogP contribution in [0, 0.1) is 0 Å². The van der Waals surface area contributed by atoms with Crippen molar-refractivity contribution in [2.75, 3.05) is 12.4 Å². The van der Waals surface area contributed by atoms with E-state index >= 15 is 0 Å². The van der Waals surface area contributed by atoms with E-state index in [0.29, 0.717) is 5.56 Å². The minimum absolute atomic E-state index is 0.324. The van der Waals surface area contributed by atoms with Gasteiger partial charge in [-0.05, 0) is 29.8 Å². The van der Waals surface area contributed by atoms with Crippen LogP contribution in [0.2, 0.25) is 0 Å². The Balaban J connectivity index is 1.56. The summed E-state index contributed by atoms with van der Waals surface area (Å²) < 4.78 is 5.58. The first-order valence-electron chi connectivity index (χ1n) is 7.20. The lowest BCUT2D eigenvalue weighted by molar-refractivity contribution is 0.0600. The van der Waals surface area contributed by atoms with Crippen LogP contribution in [0.15, 0.2) is 58.9 Å². The zero-order valence-corrected chi connectivity index (χ0v) is 14.6. The topological polar surface area (TPSA) is 64.1 Å². The lowest BCUT2D eigenvalue weighted by Crippen LogP contribution is -2.00. The Morgan fingerprint density at radius 1 is 1.12 bits per heavy atom. The van der Waals surface area contributed by atoms with Crippen LogP contribution >= 0.6 is 23.1 Å². The van der Waals surface area contributed by atoms with Gasteiger partial charge in [-0.15, -0.1) is 10.2 Å². The predicted molar refractivity (Wildman–Crippen MR) is 97.0 cm³/mol. The average molecular weight is 357 g/mol. The fraction of sp³-hybridized carbons (Fsp3) is 0.118. The maximum absolute atomic E-state index is 11.4. The molecule has 5 nitrogen and oxygen atoms in total. The second-order valence-electron chi connectivity index (χ2n) is 4.84. The van der Waals surface area contributed by atoms with Gasteiger partial charge in [-0.25, -0.2) is 4.79 Å². The molecule has 122 valence electrons. The van der Waals surface area contributed by atoms with E-state index in [1.165, 1.54) is 18.4 Å². The Hall–Kier alpha value is -2.38. The number of thioether (sulfide) groups is 1. The number of para-hydroxylation sites is 1. The number of esters is 1. The molecule has 0 atom stereocenters. The molecule has 0 aliphatic heterocycles. The van der Waals surface area contributed by atoms with Crippen LogP contribution in [0.4, 0.5) is 10.8 Å². The number of carbonyl (C=O) groups is 1. The SMILES string of the molecule is COC(=O)c1ccc(CSc2nnc(Nc3ccccc3)s2)cc1. The van der Waals surface area contributed by atoms with Gasteiger partial charge in [0.25, 0.3) is 0 Å². The summed E-state index contributed by atoms with van der Waals surface area (Å²) in [6.07, 6.45) is 0. The molecule has 0 radical (unpaired) electrons. The van der Waals surface area contributed by atoms with Crippen LogP contribution in [0.1, 0.15) is 15.9 Å². The first kappa shape index (κ1) is 16.5. The molecular formula is C17H15N3O2S2. The third-order valence-corrected chi connectivity index (χ3v) is 5.21. The lowest BCUT2D eigenvalue weighted by Gasteiger charge is -2.01. The van der Waals surface area contributed by atoms with Crippen molar-refractivity contribution in [1.82, 2.24) is 10.2 Å². The normalized spacial score (nSPS) is 10.4. The summed E-state index contributed by atoms with van der Waals surface area (Å²) in [5.41, 5.74) is 2.65. The molecule has 24 heavy (non-hydrogen) atoms. The number of anilines is 2. The quantitative estimate of drug-likeness (QED) is 0.522. The third kappa shape index (κ3) is 4.33. The van der Waals surface area contributed by atoms with Gasteiger partial charge in [0.15, 0.2) is 4.34 Å². The van der Waals surface area contributed by atoms with E-state index in [4.69, 9.17) is 0 Å². The highest BCUT2D eigenvalue weighted by Crippen LogP contribution is 2.29. The number of hydrogen-bond acceptors (Lipinski definition) is 7. The highest BCUT2D eigenvalue weighted by molar-refractivity contribution is 8.00. The average Bonchev–Trinajstić information content (AvgIpc) is 3.08. The Bertz CT molecular complexity index is 804. The number of carbonyl (C=O) groups excluding carboxylic acids is 1. The lowest BCUT2D eigenvalue weighted by atomic mass is 10.1. The summed E-state index contributed by atoms with van der Waals surface area (Å²) in [5, 5.41) is 12.3. The minimum atomic E-state index is -0.324. The highest BCUT2D eigenvalue weighted by atomic mass is 32.2. The number of ether oxygens (including phenoxy) is 1. The molecule has 3 rings (SSSR count). The molecule has 0 saturated carbocycles. The molecule has 0 bridgehead atoms. The van der Waals surface area contributed by atoms with E-state index in [2.05, 4.69) is 20.3 Å². The smallest absolute Gasteiger partial charge is 0.337 e. The number of rotatable bonds is 6. The van der Waals surface area contributed by atoms with E-state index in [0.717, 1.165) is 26.5 Å². The molecule has 0 amide bonds. The molecular weight excluding hydrogens is 342 g/mol. The van der Waals surface area contributed by atoms with Gasteiger partial charge in [-0.1, -0.05) is 53.4 Å². The van der Waals surface area contributed by atoms with Crippen LogP contribution in [0.3, 0.4) is 0 Å². The zero-order chi connectivity index (χ0) is 16.8. The van der Waals surface area contributed by atoms with Crippen molar-refractivity contribution in [3.63, 3.8) is 0 Å². The van der Waals surface area contributed by atoms with Gasteiger partial charge in [0.05, 0.1) is 12.7 Å². The summed E-state index contributed by atoms with van der Waals surface area (Å²) >= 11 is 3.13. The van der Waals surface area contributed by atoms with Gasteiger partial charge < -0.3 is 10.1 Å². The van der Waals surface area contributed by atoms with Crippen LogP contribution in [0.5, 0.6) is 0 Å². The van der Waals surface area contributed by atoms with Gasteiger partial charge in [0.1, 0.15) is 0 Å². The van der Waals surface area contributed by atoms with Crippen molar-refractivity contribution in [3.05, 3.63) is 65.7 Å². The number of hydrogen-bond donors (Lipinski definition) is 1. The zero-order valence-electron chi connectivity index (χ0n) is 12.9. The predicted octanol–water partition coefficient (Wildman–Crippen LogP) is 4.36. The molecule has 0 unspecified atom stereocenters. The molecule has 1 N–H and O–H groups in total. The van der Waals surface area contributed by atoms with Crippen molar-refractivity contribution in [3.8, 4) is 0 Å². The number of nitrogens with zero attached hydrogens (tertiary/aromatic N) is 2. The maximum Gasteiger partial charge on any atom is 0.337 e. The number of methoxy groups -OCH3 is 1. The molecule has 1 heterocycles. The standard InChI is InChI=1S/C17H15N3O2S2/c1-22-15(21)13-9-7-12(8-10-13)11-23-17-20-19-16(24-17)18-14-5-3-2-4-6-14/h2-10H,11H2,1H3,(H,18,19). The Morgan fingerprint density at radius 2 is 1.88 bits per heavy atom. The van der Waals surface area contributed by atoms with Crippen LogP contribution in [-0.4, -0.2) is 23.3 Å². The monoisotopic (exact) mass is 357 g/mol. The summed E-state index contributed by atoms with van der Waals surface area (Å²) in [6.45, 7) is 0. The van der Waals surface area contributed by atoms with E-state index in [9.17, 15) is 4.79 Å². The van der Waals surface area contributed by atoms with E-state index in [-0.39, 0.29) is 5.97 Å². The highest BCUT2D eigenvalue weighted by Gasteiger charge is 2.07. The summed E-state index contributed by atoms with van der Waals surface area (Å²) in [7, 11) is 1.38. The first-order chi connectivity index (χ1) is 11.7. The number of aromatic nitrogens is 2. The molecule has 0 saturated heterocycles. The Morgan fingerprint density at radius 3 is 2.58 bits per heavy atom. The molecule has 0 spiro atoms. The van der Waals surface area contributed by atoms with Crippen molar-refractivity contribution in [2.24, 2.45) is 0 Å². The van der Waals surface area contributed by atoms with E-state index < -0.39 is 0 Å². The van der Waals surface area contributed by atoms with Gasteiger partial charge in [0.2, 0.25) is 5.13 Å². The number of nitrogens with one attached hydrogen (secondary N) is 1. The van der Waals surface area contributed by atoms with Gasteiger partial charge in [-0.3, -0.25) is 0 Å². The second-order valence-corrected chi connectivity index (χ2v) is 7.04. The molecule has 0 aliphatic rings. The van der Waals surface area contributed by atoms with Crippen LogP contribution < -0.4 is 5.32 Å². The van der Waals surface area contributed by atoms with Crippen LogP contribution in [0.25, 0.3) is 0 Å². The first-order valence-corrected chi connectivity index (χ1v) is 9.00. The van der Waals surface area contributed by atoms with Crippen molar-refractivity contribution in [2.45, 2.75) is 10.1 Å². The molecule has 2 aromatic carbocycles. The molecule has 0 aliphatic carbocycles. The summed E-state index contributed by atoms with van der Waals surface area (Å²) in [5.74, 6) is 0.441. The summed E-state index contributed by atoms with van der Waals surface area (Å²) in [4.78, 5) is 11.4. The van der Waals surface area contributed by atoms with E-state index in [1.54, 1.807) is 23.9 Å². The second kappa shape index (κ2) is 7.94. The maximum atomic E-state index is 11.4. The van der Waals surface area contributed by atoms with Crippen LogP contribution in [-0.2, 0) is 10.5 Å². The largest absolute Gasteiger partial charge is 0.465 e. The Labute approximate surface area is 148 Å². The fourth-order valence-electron chi connectivity index (χ4n) is 1.96. The van der Waals surface area contributed by atoms with Crippen molar-refractivity contribution < 1.29 is 9.53 Å². The van der Waals surface area contributed by atoms with Gasteiger partial charge >= 0.3 is 5.97 Å². The van der Waals surface area contributed by atoms with Crippen molar-refractivity contribution >= 4 is 39.9 Å². The van der Waals surface area contributed by atoms with Gasteiger partial charge in [-0.2, -0.15) is 0 Å². The van der Waals surface area contributed by atoms with Gasteiger partial charge in [0, 0.05) is 11.4 Å². The number of benzene rings is 2. The fourth-order valence-corrected chi connectivity index (χ4v) is 3.69. The molecule has 0 fully saturated rings. The molecule has 7 heteroatoms. The Kier molecular flexibility index (Phi) is 5.45. The van der Waals surface area contributed by atoms with Crippen molar-refractivity contribution in [1.29, 1.82) is 0 Å². The minimum Gasteiger partial charge on any atom is -0.465 e. The third-order valence-electron chi connectivity index (χ3n) is 3.17. The summed E-state index contributed by atoms with van der Waals surface area (Å²) in [6, 6.07) is 17.3. The molecule has 3 aromatic rings. The van der Waals surface area contributed by atoms with E-state index in [1.807, 2.05) is 42.5 Å².